The van der Waals surface area contributed by atoms with Crippen molar-refractivity contribution in [2.24, 2.45) is 11.7 Å². The molecule has 1 aromatic rings. The summed E-state index contributed by atoms with van der Waals surface area (Å²) in [6.07, 6.45) is 1.07. The Morgan fingerprint density at radius 2 is 2.20 bits per heavy atom. The van der Waals surface area contributed by atoms with Gasteiger partial charge < -0.3 is 20.5 Å². The molecule has 5 heteroatoms. The van der Waals surface area contributed by atoms with Crippen LogP contribution in [-0.4, -0.2) is 26.2 Å². The molecule has 0 radical (unpaired) electrons. The fraction of sp³-hybridized carbons (Fsp3) is 0.533. The minimum Gasteiger partial charge on any atom is -0.497 e. The van der Waals surface area contributed by atoms with Gasteiger partial charge in [-0.2, -0.15) is 0 Å². The molecule has 0 aromatic heterocycles. The number of hydrogen-bond acceptors (Lipinski definition) is 4. The van der Waals surface area contributed by atoms with E-state index in [-0.39, 0.29) is 18.4 Å². The summed E-state index contributed by atoms with van der Waals surface area (Å²) in [6.45, 7) is 5.79. The van der Waals surface area contributed by atoms with Crippen molar-refractivity contribution in [1.82, 2.24) is 5.32 Å². The van der Waals surface area contributed by atoms with E-state index in [9.17, 15) is 4.79 Å². The number of carbonyl (C=O) groups is 1. The van der Waals surface area contributed by atoms with E-state index in [2.05, 4.69) is 12.2 Å². The first-order valence-corrected chi connectivity index (χ1v) is 6.88. The number of methoxy groups -OCH3 is 1. The predicted molar refractivity (Wildman–Crippen MR) is 78.8 cm³/mol. The van der Waals surface area contributed by atoms with Crippen LogP contribution in [0.25, 0.3) is 0 Å². The molecular weight excluding hydrogens is 256 g/mol. The van der Waals surface area contributed by atoms with Crippen LogP contribution in [0.1, 0.15) is 25.8 Å². The Labute approximate surface area is 120 Å². The van der Waals surface area contributed by atoms with Crippen LogP contribution >= 0.6 is 0 Å². The quantitative estimate of drug-likeness (QED) is 0.675. The van der Waals surface area contributed by atoms with Gasteiger partial charge in [-0.25, -0.2) is 0 Å². The lowest BCUT2D eigenvalue weighted by molar-refractivity contribution is -0.122. The zero-order valence-electron chi connectivity index (χ0n) is 12.4. The Hall–Kier alpha value is -1.75. The molecule has 0 bridgehead atoms. The standard InChI is InChI=1S/C15H24N2O3/c1-4-7-17-9-12-8-13(19-3)5-6-14(12)20-10-11(2)15(16)18/h5-6,8,11,17H,4,7,9-10H2,1-3H3,(H2,16,18). The fourth-order valence-electron chi connectivity index (χ4n) is 1.66. The smallest absolute Gasteiger partial charge is 0.223 e. The van der Waals surface area contributed by atoms with E-state index >= 15 is 0 Å². The number of amides is 1. The Morgan fingerprint density at radius 1 is 1.45 bits per heavy atom. The minimum atomic E-state index is -0.357. The van der Waals surface area contributed by atoms with Gasteiger partial charge in [0.2, 0.25) is 5.91 Å². The highest BCUT2D eigenvalue weighted by Crippen LogP contribution is 2.24. The van der Waals surface area contributed by atoms with Gasteiger partial charge >= 0.3 is 0 Å². The Bertz CT molecular complexity index is 435. The molecule has 1 atom stereocenters. The van der Waals surface area contributed by atoms with Crippen LogP contribution in [0.3, 0.4) is 0 Å². The van der Waals surface area contributed by atoms with E-state index in [0.717, 1.165) is 30.0 Å². The van der Waals surface area contributed by atoms with Crippen LogP contribution in [-0.2, 0) is 11.3 Å². The molecule has 0 saturated heterocycles. The first-order chi connectivity index (χ1) is 9.58. The van der Waals surface area contributed by atoms with Gasteiger partial charge in [0.25, 0.3) is 0 Å². The van der Waals surface area contributed by atoms with Crippen LogP contribution in [0.2, 0.25) is 0 Å². The number of benzene rings is 1. The molecule has 3 N–H and O–H groups in total. The molecule has 0 aliphatic carbocycles. The summed E-state index contributed by atoms with van der Waals surface area (Å²) in [4.78, 5) is 11.0. The second kappa shape index (κ2) is 8.43. The van der Waals surface area contributed by atoms with Crippen LogP contribution in [0.15, 0.2) is 18.2 Å². The van der Waals surface area contributed by atoms with Crippen LogP contribution < -0.4 is 20.5 Å². The van der Waals surface area contributed by atoms with E-state index in [1.54, 1.807) is 14.0 Å². The van der Waals surface area contributed by atoms with E-state index in [1.165, 1.54) is 0 Å². The van der Waals surface area contributed by atoms with E-state index in [1.807, 2.05) is 18.2 Å². The van der Waals surface area contributed by atoms with Gasteiger partial charge in [0, 0.05) is 12.1 Å². The summed E-state index contributed by atoms with van der Waals surface area (Å²) in [5, 5.41) is 3.33. The van der Waals surface area contributed by atoms with Crippen molar-refractivity contribution in [3.05, 3.63) is 23.8 Å². The average Bonchev–Trinajstić information content (AvgIpc) is 2.45. The molecule has 1 amide bonds. The molecule has 5 nitrogen and oxygen atoms in total. The van der Waals surface area contributed by atoms with Gasteiger partial charge in [0.1, 0.15) is 11.5 Å². The van der Waals surface area contributed by atoms with Gasteiger partial charge in [-0.3, -0.25) is 4.79 Å². The van der Waals surface area contributed by atoms with Crippen molar-refractivity contribution in [2.75, 3.05) is 20.3 Å². The molecule has 0 fully saturated rings. The normalized spacial score (nSPS) is 11.9. The number of ether oxygens (including phenoxy) is 2. The maximum Gasteiger partial charge on any atom is 0.223 e. The number of primary amides is 1. The van der Waals surface area contributed by atoms with Crippen LogP contribution in [0.4, 0.5) is 0 Å². The average molecular weight is 280 g/mol. The lowest BCUT2D eigenvalue weighted by Crippen LogP contribution is -2.26. The van der Waals surface area contributed by atoms with Gasteiger partial charge in [0.15, 0.2) is 0 Å². The fourth-order valence-corrected chi connectivity index (χ4v) is 1.66. The molecule has 0 heterocycles. The van der Waals surface area contributed by atoms with Crippen LogP contribution in [0.5, 0.6) is 11.5 Å². The maximum absolute atomic E-state index is 11.0. The maximum atomic E-state index is 11.0. The number of rotatable bonds is 9. The summed E-state index contributed by atoms with van der Waals surface area (Å²) in [7, 11) is 1.63. The van der Waals surface area contributed by atoms with Crippen molar-refractivity contribution in [3.8, 4) is 11.5 Å². The molecule has 1 rings (SSSR count). The van der Waals surface area contributed by atoms with Gasteiger partial charge in [-0.05, 0) is 31.2 Å². The lowest BCUT2D eigenvalue weighted by atomic mass is 10.1. The lowest BCUT2D eigenvalue weighted by Gasteiger charge is -2.15. The zero-order chi connectivity index (χ0) is 15.0. The molecule has 0 spiro atoms. The third kappa shape index (κ3) is 5.09. The highest BCUT2D eigenvalue weighted by Gasteiger charge is 2.11. The van der Waals surface area contributed by atoms with E-state index < -0.39 is 0 Å². The Balaban J connectivity index is 2.74. The first-order valence-electron chi connectivity index (χ1n) is 6.88. The topological polar surface area (TPSA) is 73.6 Å². The monoisotopic (exact) mass is 280 g/mol. The highest BCUT2D eigenvalue weighted by atomic mass is 16.5. The summed E-state index contributed by atoms with van der Waals surface area (Å²) in [5.74, 6) is 0.869. The Kier molecular flexibility index (Phi) is 6.87. The van der Waals surface area contributed by atoms with Gasteiger partial charge in [-0.15, -0.1) is 0 Å². The largest absolute Gasteiger partial charge is 0.497 e. The van der Waals surface area contributed by atoms with E-state index in [0.29, 0.717) is 6.54 Å². The first kappa shape index (κ1) is 16.3. The second-order valence-corrected chi connectivity index (χ2v) is 4.76. The molecule has 0 aliphatic heterocycles. The summed E-state index contributed by atoms with van der Waals surface area (Å²) >= 11 is 0. The summed E-state index contributed by atoms with van der Waals surface area (Å²) < 4.78 is 10.9. The Morgan fingerprint density at radius 3 is 2.80 bits per heavy atom. The highest BCUT2D eigenvalue weighted by molar-refractivity contribution is 5.76. The SMILES string of the molecule is CCCNCc1cc(OC)ccc1OCC(C)C(N)=O. The molecule has 0 saturated carbocycles. The van der Waals surface area contributed by atoms with Crippen molar-refractivity contribution in [2.45, 2.75) is 26.8 Å². The number of hydrogen-bond donors (Lipinski definition) is 2. The van der Waals surface area contributed by atoms with Gasteiger partial charge in [0.05, 0.1) is 19.6 Å². The molecular formula is C15H24N2O3. The molecule has 0 aliphatic rings. The molecule has 1 unspecified atom stereocenters. The zero-order valence-corrected chi connectivity index (χ0v) is 12.4. The minimum absolute atomic E-state index is 0.280. The van der Waals surface area contributed by atoms with E-state index in [4.69, 9.17) is 15.2 Å². The predicted octanol–water partition coefficient (Wildman–Crippen LogP) is 1.69. The van der Waals surface area contributed by atoms with Gasteiger partial charge in [-0.1, -0.05) is 13.8 Å². The van der Waals surface area contributed by atoms with Crippen LogP contribution in [0, 0.1) is 5.92 Å². The van der Waals surface area contributed by atoms with Crippen molar-refractivity contribution >= 4 is 5.91 Å². The number of nitrogens with one attached hydrogen (secondary N) is 1. The summed E-state index contributed by atoms with van der Waals surface area (Å²) in [6, 6.07) is 5.63. The second-order valence-electron chi connectivity index (χ2n) is 4.76. The third-order valence-electron chi connectivity index (χ3n) is 2.98. The molecule has 1 aromatic carbocycles. The van der Waals surface area contributed by atoms with Crippen molar-refractivity contribution in [1.29, 1.82) is 0 Å². The van der Waals surface area contributed by atoms with Crippen molar-refractivity contribution < 1.29 is 14.3 Å². The molecule has 112 valence electrons. The van der Waals surface area contributed by atoms with Crippen molar-refractivity contribution in [3.63, 3.8) is 0 Å². The third-order valence-corrected chi connectivity index (χ3v) is 2.98. The summed E-state index contributed by atoms with van der Waals surface area (Å²) in [5.41, 5.74) is 6.24. The number of carbonyl (C=O) groups excluding carboxylic acids is 1. The number of nitrogens with two attached hydrogens (primary N) is 1. The molecule has 20 heavy (non-hydrogen) atoms.